The van der Waals surface area contributed by atoms with E-state index in [0.717, 1.165) is 23.6 Å². The van der Waals surface area contributed by atoms with Crippen LogP contribution in [-0.4, -0.2) is 25.7 Å². The van der Waals surface area contributed by atoms with Crippen molar-refractivity contribution in [2.24, 2.45) is 0 Å². The molecule has 0 spiro atoms. The minimum Gasteiger partial charge on any atom is -0.345 e. The van der Waals surface area contributed by atoms with E-state index in [2.05, 4.69) is 52.5 Å². The van der Waals surface area contributed by atoms with Gasteiger partial charge in [0.15, 0.2) is 10.6 Å². The van der Waals surface area contributed by atoms with Crippen molar-refractivity contribution in [3.8, 4) is 0 Å². The Bertz CT molecular complexity index is 1080. The maximum Gasteiger partial charge on any atom is 0.254 e. The number of nitrogens with zero attached hydrogens (tertiary/aromatic N) is 3. The third-order valence-corrected chi connectivity index (χ3v) is 6.10. The third-order valence-electron chi connectivity index (χ3n) is 4.81. The number of aryl methyl sites for hydroxylation is 2. The summed E-state index contributed by atoms with van der Waals surface area (Å²) in [5.74, 6) is 0.587. The Hall–Kier alpha value is -2.45. The summed E-state index contributed by atoms with van der Waals surface area (Å²) < 4.78 is 2.61. The van der Waals surface area contributed by atoms with Crippen molar-refractivity contribution in [2.75, 3.05) is 0 Å². The van der Waals surface area contributed by atoms with Crippen LogP contribution in [0.1, 0.15) is 46.2 Å². The molecule has 1 fully saturated rings. The van der Waals surface area contributed by atoms with Crippen molar-refractivity contribution in [1.29, 1.82) is 0 Å². The quantitative estimate of drug-likeness (QED) is 0.589. The van der Waals surface area contributed by atoms with Gasteiger partial charge in [-0.3, -0.25) is 14.5 Å². The first-order valence-corrected chi connectivity index (χ1v) is 10.4. The second-order valence-corrected chi connectivity index (χ2v) is 8.38. The lowest BCUT2D eigenvalue weighted by Gasteiger charge is -2.10. The number of carbonyl (C=O) groups excluding carboxylic acids is 1. The van der Waals surface area contributed by atoms with E-state index < -0.39 is 0 Å². The maximum absolute atomic E-state index is 12.8. The molecule has 2 aromatic heterocycles. The molecule has 0 atom stereocenters. The molecule has 2 N–H and O–H groups in total. The molecule has 1 aromatic carbocycles. The Balaban J connectivity index is 1.50. The van der Waals surface area contributed by atoms with E-state index >= 15 is 0 Å². The molecule has 28 heavy (non-hydrogen) atoms. The minimum absolute atomic E-state index is 0.171. The highest BCUT2D eigenvalue weighted by molar-refractivity contribution is 7.99. The predicted molar refractivity (Wildman–Crippen MR) is 111 cm³/mol. The number of rotatable bonds is 6. The van der Waals surface area contributed by atoms with E-state index in [1.807, 2.05) is 4.57 Å². The molecule has 0 aliphatic heterocycles. The molecule has 1 aliphatic carbocycles. The van der Waals surface area contributed by atoms with Gasteiger partial charge in [0.25, 0.3) is 5.91 Å². The summed E-state index contributed by atoms with van der Waals surface area (Å²) in [6.07, 6.45) is 3.92. The van der Waals surface area contributed by atoms with Gasteiger partial charge >= 0.3 is 0 Å². The minimum atomic E-state index is -0.171. The molecule has 0 saturated heterocycles. The first-order valence-electron chi connectivity index (χ1n) is 9.17. The lowest BCUT2D eigenvalue weighted by atomic mass is 10.1. The molecule has 0 unspecified atom stereocenters. The van der Waals surface area contributed by atoms with Gasteiger partial charge in [-0.05, 0) is 74.3 Å². The van der Waals surface area contributed by atoms with E-state index in [0.29, 0.717) is 27.9 Å². The van der Waals surface area contributed by atoms with Crippen LogP contribution in [0, 0.1) is 18.6 Å². The van der Waals surface area contributed by atoms with Crippen LogP contribution in [0.3, 0.4) is 0 Å². The summed E-state index contributed by atoms with van der Waals surface area (Å²) in [7, 11) is 0. The fraction of sp³-hybridized carbons (Fsp3) is 0.300. The van der Waals surface area contributed by atoms with E-state index in [1.165, 1.54) is 22.9 Å². The Morgan fingerprint density at radius 2 is 2.14 bits per heavy atom. The van der Waals surface area contributed by atoms with Crippen LogP contribution in [0.15, 0.2) is 46.5 Å². The molecule has 0 radical (unpaired) electrons. The van der Waals surface area contributed by atoms with Crippen LogP contribution in [0.25, 0.3) is 0 Å². The highest BCUT2D eigenvalue weighted by atomic mass is 32.2. The molecule has 4 rings (SSSR count). The first-order chi connectivity index (χ1) is 13.5. The van der Waals surface area contributed by atoms with Gasteiger partial charge in [-0.2, -0.15) is 5.10 Å². The van der Waals surface area contributed by atoms with Crippen molar-refractivity contribution in [3.63, 3.8) is 0 Å². The summed E-state index contributed by atoms with van der Waals surface area (Å²) in [6.45, 7) is 4.49. The zero-order valence-electron chi connectivity index (χ0n) is 15.7. The second-order valence-electron chi connectivity index (χ2n) is 6.93. The number of aromatic nitrogens is 4. The lowest BCUT2D eigenvalue weighted by molar-refractivity contribution is 0.0945. The summed E-state index contributed by atoms with van der Waals surface area (Å²) in [4.78, 5) is 18.3. The van der Waals surface area contributed by atoms with Crippen LogP contribution >= 0.6 is 24.0 Å². The Labute approximate surface area is 172 Å². The summed E-state index contributed by atoms with van der Waals surface area (Å²) >= 11 is 6.79. The van der Waals surface area contributed by atoms with E-state index in [1.54, 1.807) is 18.3 Å². The Morgan fingerprint density at radius 1 is 1.32 bits per heavy atom. The van der Waals surface area contributed by atoms with Crippen molar-refractivity contribution in [3.05, 3.63) is 63.8 Å². The molecule has 1 saturated carbocycles. The molecule has 1 amide bonds. The number of H-pyrrole nitrogens is 1. The fourth-order valence-electron chi connectivity index (χ4n) is 2.96. The topological polar surface area (TPSA) is 75.6 Å². The molecule has 2 heterocycles. The van der Waals surface area contributed by atoms with Gasteiger partial charge in [-0.25, -0.2) is 4.98 Å². The molecule has 3 aromatic rings. The zero-order valence-corrected chi connectivity index (χ0v) is 17.4. The second kappa shape index (κ2) is 7.89. The number of benzene rings is 1. The van der Waals surface area contributed by atoms with Crippen molar-refractivity contribution in [1.82, 2.24) is 25.1 Å². The highest BCUT2D eigenvalue weighted by Crippen LogP contribution is 2.35. The van der Waals surface area contributed by atoms with E-state index in [4.69, 9.17) is 12.2 Å². The number of carbonyl (C=O) groups is 1. The number of amides is 1. The maximum atomic E-state index is 12.8. The van der Waals surface area contributed by atoms with Gasteiger partial charge in [0, 0.05) is 17.1 Å². The standard InChI is InChI=1S/C20H21N5OS2/c1-12-5-8-15(10-13(12)2)28-19-16(4-3-9-21-19)18(26)22-11-17-23-24-20(27)25(17)14-6-7-14/h3-5,8-10,14H,6-7,11H2,1-2H3,(H,22,26)(H,24,27). The van der Waals surface area contributed by atoms with Crippen molar-refractivity contribution >= 4 is 29.9 Å². The summed E-state index contributed by atoms with van der Waals surface area (Å²) in [6, 6.07) is 10.2. The number of aromatic amines is 1. The number of nitrogens with one attached hydrogen (secondary N) is 2. The molecule has 8 heteroatoms. The Morgan fingerprint density at radius 3 is 2.89 bits per heavy atom. The normalized spacial score (nSPS) is 13.5. The Kier molecular flexibility index (Phi) is 5.32. The molecule has 6 nitrogen and oxygen atoms in total. The molecule has 0 bridgehead atoms. The summed E-state index contributed by atoms with van der Waals surface area (Å²) in [5.41, 5.74) is 3.01. The average Bonchev–Trinajstić information content (AvgIpc) is 3.45. The van der Waals surface area contributed by atoms with E-state index in [-0.39, 0.29) is 5.91 Å². The monoisotopic (exact) mass is 411 g/mol. The highest BCUT2D eigenvalue weighted by Gasteiger charge is 2.27. The van der Waals surface area contributed by atoms with Crippen molar-refractivity contribution in [2.45, 2.75) is 49.2 Å². The van der Waals surface area contributed by atoms with Gasteiger partial charge < -0.3 is 5.32 Å². The molecular formula is C20H21N5OS2. The average molecular weight is 412 g/mol. The van der Waals surface area contributed by atoms with Crippen molar-refractivity contribution < 1.29 is 4.79 Å². The zero-order chi connectivity index (χ0) is 19.7. The number of hydrogen-bond donors (Lipinski definition) is 2. The smallest absolute Gasteiger partial charge is 0.254 e. The first kappa shape index (κ1) is 18.9. The van der Waals surface area contributed by atoms with Crippen LogP contribution in [0.5, 0.6) is 0 Å². The van der Waals surface area contributed by atoms with Crippen LogP contribution in [-0.2, 0) is 6.54 Å². The largest absolute Gasteiger partial charge is 0.345 e. The van der Waals surface area contributed by atoms with Gasteiger partial charge in [0.1, 0.15) is 5.03 Å². The lowest BCUT2D eigenvalue weighted by Crippen LogP contribution is -2.25. The van der Waals surface area contributed by atoms with Crippen LogP contribution in [0.4, 0.5) is 0 Å². The fourth-order valence-corrected chi connectivity index (χ4v) is 4.24. The van der Waals surface area contributed by atoms with Gasteiger partial charge in [0.2, 0.25) is 0 Å². The van der Waals surface area contributed by atoms with Crippen LogP contribution < -0.4 is 5.32 Å². The number of pyridine rings is 1. The molecular weight excluding hydrogens is 390 g/mol. The predicted octanol–water partition coefficient (Wildman–Crippen LogP) is 4.37. The van der Waals surface area contributed by atoms with Crippen LogP contribution in [0.2, 0.25) is 0 Å². The van der Waals surface area contributed by atoms with Gasteiger partial charge in [-0.1, -0.05) is 17.8 Å². The number of hydrogen-bond acceptors (Lipinski definition) is 5. The van der Waals surface area contributed by atoms with E-state index in [9.17, 15) is 4.79 Å². The van der Waals surface area contributed by atoms with Gasteiger partial charge in [-0.15, -0.1) is 0 Å². The summed E-state index contributed by atoms with van der Waals surface area (Å²) in [5, 5.41) is 10.7. The SMILES string of the molecule is Cc1ccc(Sc2ncccc2C(=O)NCc2n[nH]c(=S)n2C2CC2)cc1C. The van der Waals surface area contributed by atoms with Gasteiger partial charge in [0.05, 0.1) is 12.1 Å². The molecule has 144 valence electrons. The molecule has 1 aliphatic rings. The third kappa shape index (κ3) is 4.02.